The smallest absolute Gasteiger partial charge is 0.138 e. The number of ether oxygens (including phenoxy) is 1. The highest BCUT2D eigenvalue weighted by Crippen LogP contribution is 2.28. The summed E-state index contributed by atoms with van der Waals surface area (Å²) in [4.78, 5) is 0. The minimum absolute atomic E-state index is 0.0954. The van der Waals surface area contributed by atoms with Gasteiger partial charge in [0.15, 0.2) is 0 Å². The quantitative estimate of drug-likeness (QED) is 0.822. The molecule has 0 amide bonds. The van der Waals surface area contributed by atoms with Crippen LogP contribution >= 0.6 is 15.9 Å². The van der Waals surface area contributed by atoms with Gasteiger partial charge in [-0.25, -0.2) is 0 Å². The van der Waals surface area contributed by atoms with Crippen molar-refractivity contribution in [3.8, 4) is 5.75 Å². The Bertz CT molecular complexity index is 595. The van der Waals surface area contributed by atoms with Crippen LogP contribution in [-0.2, 0) is 0 Å². The number of hydrogen-bond acceptors (Lipinski definition) is 2. The molecule has 0 saturated heterocycles. The van der Waals surface area contributed by atoms with E-state index in [4.69, 9.17) is 10.5 Å². The molecule has 0 spiro atoms. The van der Waals surface area contributed by atoms with Crippen LogP contribution in [0.1, 0.15) is 43.9 Å². The van der Waals surface area contributed by atoms with E-state index in [1.165, 1.54) is 5.56 Å². The largest absolute Gasteiger partial charge is 0.484 e. The molecule has 2 aromatic carbocycles. The summed E-state index contributed by atoms with van der Waals surface area (Å²) in [7, 11) is 0. The highest BCUT2D eigenvalue weighted by molar-refractivity contribution is 9.10. The van der Waals surface area contributed by atoms with Crippen LogP contribution in [0, 0.1) is 0 Å². The second-order valence-electron chi connectivity index (χ2n) is 5.68. The normalized spacial score (nSPS) is 14.0. The minimum atomic E-state index is -0.162. The Balaban J connectivity index is 2.26. The van der Waals surface area contributed by atoms with E-state index in [0.29, 0.717) is 5.92 Å². The zero-order chi connectivity index (χ0) is 15.4. The third kappa shape index (κ3) is 4.32. The number of hydrogen-bond donors (Lipinski definition) is 1. The Kier molecular flexibility index (Phi) is 5.43. The standard InChI is InChI=1S/C18H22BrNO/c1-12(2)14-6-5-9-17(11-14)21-18(13(3)20)15-7-4-8-16(19)10-15/h4-13,18H,20H2,1-3H3. The van der Waals surface area contributed by atoms with Crippen molar-refractivity contribution in [1.82, 2.24) is 0 Å². The fraction of sp³-hybridized carbons (Fsp3) is 0.333. The molecule has 2 N–H and O–H groups in total. The monoisotopic (exact) mass is 347 g/mol. The molecule has 21 heavy (non-hydrogen) atoms. The van der Waals surface area contributed by atoms with Crippen molar-refractivity contribution in [2.75, 3.05) is 0 Å². The summed E-state index contributed by atoms with van der Waals surface area (Å²) in [6.07, 6.45) is -0.162. The molecule has 2 rings (SSSR count). The van der Waals surface area contributed by atoms with E-state index >= 15 is 0 Å². The molecule has 0 bridgehead atoms. The van der Waals surface area contributed by atoms with Gasteiger partial charge in [0, 0.05) is 10.5 Å². The van der Waals surface area contributed by atoms with Gasteiger partial charge in [-0.15, -0.1) is 0 Å². The predicted molar refractivity (Wildman–Crippen MR) is 91.7 cm³/mol. The van der Waals surface area contributed by atoms with Gasteiger partial charge in [-0.2, -0.15) is 0 Å². The number of benzene rings is 2. The molecule has 0 radical (unpaired) electrons. The molecule has 0 aliphatic carbocycles. The SMILES string of the molecule is CC(C)c1cccc(OC(c2cccc(Br)c2)C(C)N)c1. The first-order valence-corrected chi connectivity index (χ1v) is 8.04. The molecule has 0 heterocycles. The summed E-state index contributed by atoms with van der Waals surface area (Å²) in [5.74, 6) is 1.34. The van der Waals surface area contributed by atoms with E-state index in [2.05, 4.69) is 48.0 Å². The third-order valence-electron chi connectivity index (χ3n) is 3.44. The van der Waals surface area contributed by atoms with E-state index in [0.717, 1.165) is 15.8 Å². The van der Waals surface area contributed by atoms with Crippen LogP contribution in [0.3, 0.4) is 0 Å². The highest BCUT2D eigenvalue weighted by atomic mass is 79.9. The second kappa shape index (κ2) is 7.10. The first-order chi connectivity index (χ1) is 9.97. The summed E-state index contributed by atoms with van der Waals surface area (Å²) >= 11 is 3.50. The second-order valence-corrected chi connectivity index (χ2v) is 6.60. The highest BCUT2D eigenvalue weighted by Gasteiger charge is 2.18. The Morgan fingerprint density at radius 1 is 0.952 bits per heavy atom. The van der Waals surface area contributed by atoms with E-state index in [1.807, 2.05) is 37.3 Å². The molecule has 2 unspecified atom stereocenters. The molecular formula is C18H22BrNO. The lowest BCUT2D eigenvalue weighted by Gasteiger charge is -2.23. The summed E-state index contributed by atoms with van der Waals surface area (Å²) in [5.41, 5.74) is 8.47. The molecule has 0 aliphatic heterocycles. The van der Waals surface area contributed by atoms with Crippen LogP contribution < -0.4 is 10.5 Å². The minimum Gasteiger partial charge on any atom is -0.484 e. The number of nitrogens with two attached hydrogens (primary N) is 1. The van der Waals surface area contributed by atoms with Crippen LogP contribution in [-0.4, -0.2) is 6.04 Å². The Hall–Kier alpha value is -1.32. The molecular weight excluding hydrogens is 326 g/mol. The van der Waals surface area contributed by atoms with Gasteiger partial charge in [0.05, 0.1) is 0 Å². The Morgan fingerprint density at radius 2 is 1.62 bits per heavy atom. The van der Waals surface area contributed by atoms with Crippen molar-refractivity contribution in [1.29, 1.82) is 0 Å². The molecule has 0 aromatic heterocycles. The summed E-state index contributed by atoms with van der Waals surface area (Å²) in [6.45, 7) is 6.32. The van der Waals surface area contributed by atoms with Crippen molar-refractivity contribution < 1.29 is 4.74 Å². The van der Waals surface area contributed by atoms with Crippen molar-refractivity contribution in [3.63, 3.8) is 0 Å². The zero-order valence-corrected chi connectivity index (χ0v) is 14.3. The van der Waals surface area contributed by atoms with E-state index in [9.17, 15) is 0 Å². The first-order valence-electron chi connectivity index (χ1n) is 7.25. The Labute approximate surface area is 135 Å². The van der Waals surface area contributed by atoms with Crippen molar-refractivity contribution >= 4 is 15.9 Å². The molecule has 2 nitrogen and oxygen atoms in total. The van der Waals surface area contributed by atoms with E-state index in [-0.39, 0.29) is 12.1 Å². The molecule has 0 aliphatic rings. The molecule has 0 saturated carbocycles. The number of rotatable bonds is 5. The molecule has 3 heteroatoms. The van der Waals surface area contributed by atoms with Gasteiger partial charge in [-0.1, -0.05) is 54.0 Å². The van der Waals surface area contributed by atoms with Gasteiger partial charge in [-0.3, -0.25) is 0 Å². The summed E-state index contributed by atoms with van der Waals surface area (Å²) < 4.78 is 7.19. The van der Waals surface area contributed by atoms with Gasteiger partial charge >= 0.3 is 0 Å². The van der Waals surface area contributed by atoms with Gasteiger partial charge in [0.1, 0.15) is 11.9 Å². The maximum Gasteiger partial charge on any atom is 0.138 e. The first kappa shape index (κ1) is 16.1. The van der Waals surface area contributed by atoms with Gasteiger partial charge < -0.3 is 10.5 Å². The average molecular weight is 348 g/mol. The fourth-order valence-electron chi connectivity index (χ4n) is 2.26. The summed E-state index contributed by atoms with van der Waals surface area (Å²) in [5, 5.41) is 0. The van der Waals surface area contributed by atoms with Crippen LogP contribution in [0.4, 0.5) is 0 Å². The lowest BCUT2D eigenvalue weighted by Crippen LogP contribution is -2.29. The lowest BCUT2D eigenvalue weighted by atomic mass is 10.0. The summed E-state index contributed by atoms with van der Waals surface area (Å²) in [6, 6.07) is 16.2. The average Bonchev–Trinajstić information content (AvgIpc) is 2.44. The molecule has 112 valence electrons. The molecule has 0 fully saturated rings. The van der Waals surface area contributed by atoms with E-state index < -0.39 is 0 Å². The lowest BCUT2D eigenvalue weighted by molar-refractivity contribution is 0.180. The maximum absolute atomic E-state index is 6.16. The van der Waals surface area contributed by atoms with Crippen LogP contribution in [0.2, 0.25) is 0 Å². The Morgan fingerprint density at radius 3 is 2.24 bits per heavy atom. The van der Waals surface area contributed by atoms with Crippen molar-refractivity contribution in [2.45, 2.75) is 38.8 Å². The van der Waals surface area contributed by atoms with E-state index in [1.54, 1.807) is 0 Å². The van der Waals surface area contributed by atoms with Crippen molar-refractivity contribution in [2.24, 2.45) is 5.73 Å². The molecule has 2 aromatic rings. The predicted octanol–water partition coefficient (Wildman–Crippen LogP) is 5.04. The van der Waals surface area contributed by atoms with Crippen LogP contribution in [0.25, 0.3) is 0 Å². The third-order valence-corrected chi connectivity index (χ3v) is 3.94. The van der Waals surface area contributed by atoms with Gasteiger partial charge in [0.25, 0.3) is 0 Å². The maximum atomic E-state index is 6.16. The van der Waals surface area contributed by atoms with Crippen molar-refractivity contribution in [3.05, 3.63) is 64.1 Å². The van der Waals surface area contributed by atoms with Crippen LogP contribution in [0.15, 0.2) is 53.0 Å². The van der Waals surface area contributed by atoms with Crippen LogP contribution in [0.5, 0.6) is 5.75 Å². The number of halogens is 1. The van der Waals surface area contributed by atoms with Gasteiger partial charge in [-0.05, 0) is 48.2 Å². The zero-order valence-electron chi connectivity index (χ0n) is 12.7. The fourth-order valence-corrected chi connectivity index (χ4v) is 2.67. The molecule has 2 atom stereocenters. The topological polar surface area (TPSA) is 35.2 Å². The van der Waals surface area contributed by atoms with Gasteiger partial charge in [0.2, 0.25) is 0 Å².